The van der Waals surface area contributed by atoms with Crippen molar-refractivity contribution in [2.24, 2.45) is 5.73 Å². The molecule has 2 aromatic rings. The molecule has 136 valence electrons. The Balaban J connectivity index is 1.46. The lowest BCUT2D eigenvalue weighted by Gasteiger charge is -2.21. The van der Waals surface area contributed by atoms with Crippen LogP contribution in [0.3, 0.4) is 0 Å². The molecule has 0 unspecified atom stereocenters. The van der Waals surface area contributed by atoms with Gasteiger partial charge in [-0.15, -0.1) is 0 Å². The van der Waals surface area contributed by atoms with E-state index in [4.69, 9.17) is 10.5 Å². The van der Waals surface area contributed by atoms with Crippen LogP contribution in [0.15, 0.2) is 54.6 Å². The highest BCUT2D eigenvalue weighted by Crippen LogP contribution is 2.22. The number of hydrogen-bond acceptors (Lipinski definition) is 5. The van der Waals surface area contributed by atoms with Gasteiger partial charge in [-0.3, -0.25) is 14.5 Å². The fourth-order valence-corrected chi connectivity index (χ4v) is 2.91. The number of rotatable bonds is 8. The molecule has 0 spiro atoms. The molecule has 0 aliphatic carbocycles. The third kappa shape index (κ3) is 3.99. The van der Waals surface area contributed by atoms with E-state index in [1.165, 1.54) is 4.90 Å². The van der Waals surface area contributed by atoms with Gasteiger partial charge >= 0.3 is 0 Å². The summed E-state index contributed by atoms with van der Waals surface area (Å²) in [6, 6.07) is 15.8. The second-order valence-corrected chi connectivity index (χ2v) is 6.33. The number of aliphatic hydroxyl groups is 1. The minimum absolute atomic E-state index is 0.0954. The molecular formula is C20H22N2O4. The summed E-state index contributed by atoms with van der Waals surface area (Å²) in [5.41, 5.74) is 7.83. The summed E-state index contributed by atoms with van der Waals surface area (Å²) in [4.78, 5) is 25.8. The Morgan fingerprint density at radius 3 is 2.15 bits per heavy atom. The van der Waals surface area contributed by atoms with E-state index in [1.54, 1.807) is 24.3 Å². The van der Waals surface area contributed by atoms with Crippen LogP contribution in [0.4, 0.5) is 0 Å². The number of nitrogens with two attached hydrogens (primary N) is 1. The van der Waals surface area contributed by atoms with Crippen molar-refractivity contribution in [1.82, 2.24) is 4.90 Å². The van der Waals surface area contributed by atoms with Crippen LogP contribution in [0.5, 0.6) is 0 Å². The molecule has 2 amide bonds. The van der Waals surface area contributed by atoms with Crippen LogP contribution in [0, 0.1) is 0 Å². The van der Waals surface area contributed by atoms with Gasteiger partial charge in [0.15, 0.2) is 0 Å². The van der Waals surface area contributed by atoms with E-state index >= 15 is 0 Å². The number of benzene rings is 2. The van der Waals surface area contributed by atoms with Crippen LogP contribution in [-0.4, -0.2) is 47.1 Å². The highest BCUT2D eigenvalue weighted by atomic mass is 16.5. The van der Waals surface area contributed by atoms with Crippen LogP contribution in [0.1, 0.15) is 32.7 Å². The number of carbonyl (C=O) groups is 2. The molecule has 1 aliphatic heterocycles. The number of aliphatic hydroxyl groups excluding tert-OH is 1. The lowest BCUT2D eigenvalue weighted by molar-refractivity contribution is 0.0132. The van der Waals surface area contributed by atoms with Crippen LogP contribution in [0.25, 0.3) is 0 Å². The SMILES string of the molecule is N[C@@H](CCN1C(=O)c2ccccc2C1=O)[C@@H](O)COCc1ccccc1. The number of nitrogens with zero attached hydrogens (tertiary/aromatic N) is 1. The predicted molar refractivity (Wildman–Crippen MR) is 96.5 cm³/mol. The first-order valence-corrected chi connectivity index (χ1v) is 8.58. The van der Waals surface area contributed by atoms with Crippen molar-refractivity contribution < 1.29 is 19.4 Å². The lowest BCUT2D eigenvalue weighted by atomic mass is 10.1. The fourth-order valence-electron chi connectivity index (χ4n) is 2.91. The van der Waals surface area contributed by atoms with Gasteiger partial charge in [0.2, 0.25) is 0 Å². The lowest BCUT2D eigenvalue weighted by Crippen LogP contribution is -2.42. The number of imide groups is 1. The number of hydrogen-bond donors (Lipinski definition) is 2. The van der Waals surface area contributed by atoms with E-state index in [-0.39, 0.29) is 25.0 Å². The third-order valence-corrected chi connectivity index (χ3v) is 4.46. The van der Waals surface area contributed by atoms with Crippen LogP contribution < -0.4 is 5.73 Å². The molecule has 0 aromatic heterocycles. The van der Waals surface area contributed by atoms with Gasteiger partial charge in [0, 0.05) is 12.6 Å². The van der Waals surface area contributed by atoms with Crippen molar-refractivity contribution >= 4 is 11.8 Å². The molecule has 0 fully saturated rings. The molecule has 0 bridgehead atoms. The van der Waals surface area contributed by atoms with E-state index in [0.29, 0.717) is 24.2 Å². The average molecular weight is 354 g/mol. The summed E-state index contributed by atoms with van der Waals surface area (Å²) < 4.78 is 5.49. The Morgan fingerprint density at radius 2 is 1.54 bits per heavy atom. The zero-order valence-corrected chi connectivity index (χ0v) is 14.4. The third-order valence-electron chi connectivity index (χ3n) is 4.46. The summed E-state index contributed by atoms with van der Waals surface area (Å²) >= 11 is 0. The van der Waals surface area contributed by atoms with E-state index in [0.717, 1.165) is 5.56 Å². The molecule has 26 heavy (non-hydrogen) atoms. The molecule has 0 saturated carbocycles. The van der Waals surface area contributed by atoms with Crippen molar-refractivity contribution in [1.29, 1.82) is 0 Å². The molecule has 1 heterocycles. The van der Waals surface area contributed by atoms with Gasteiger partial charge in [-0.05, 0) is 24.1 Å². The van der Waals surface area contributed by atoms with E-state index < -0.39 is 12.1 Å². The second kappa shape index (κ2) is 8.23. The van der Waals surface area contributed by atoms with Crippen molar-refractivity contribution in [3.63, 3.8) is 0 Å². The molecule has 6 heteroatoms. The van der Waals surface area contributed by atoms with Crippen LogP contribution >= 0.6 is 0 Å². The smallest absolute Gasteiger partial charge is 0.261 e. The van der Waals surface area contributed by atoms with E-state index in [9.17, 15) is 14.7 Å². The number of carbonyl (C=O) groups excluding carboxylic acids is 2. The fraction of sp³-hybridized carbons (Fsp3) is 0.300. The Hall–Kier alpha value is -2.54. The Bertz CT molecular complexity index is 743. The maximum absolute atomic E-state index is 12.3. The Morgan fingerprint density at radius 1 is 0.962 bits per heavy atom. The van der Waals surface area contributed by atoms with Crippen LogP contribution in [-0.2, 0) is 11.3 Å². The summed E-state index contributed by atoms with van der Waals surface area (Å²) in [7, 11) is 0. The Kier molecular flexibility index (Phi) is 5.78. The number of amides is 2. The van der Waals surface area contributed by atoms with Gasteiger partial charge in [-0.25, -0.2) is 0 Å². The summed E-state index contributed by atoms with van der Waals surface area (Å²) in [5, 5.41) is 10.1. The first kappa shape index (κ1) is 18.3. The Labute approximate surface area is 152 Å². The van der Waals surface area contributed by atoms with Gasteiger partial charge in [-0.1, -0.05) is 42.5 Å². The molecule has 0 saturated heterocycles. The second-order valence-electron chi connectivity index (χ2n) is 6.33. The molecule has 3 N–H and O–H groups in total. The first-order chi connectivity index (χ1) is 12.6. The zero-order chi connectivity index (χ0) is 18.5. The molecule has 2 atom stereocenters. The van der Waals surface area contributed by atoms with E-state index in [2.05, 4.69) is 0 Å². The van der Waals surface area contributed by atoms with Crippen molar-refractivity contribution in [3.8, 4) is 0 Å². The van der Waals surface area contributed by atoms with Crippen molar-refractivity contribution in [3.05, 3.63) is 71.3 Å². The molecule has 3 rings (SSSR count). The first-order valence-electron chi connectivity index (χ1n) is 8.58. The van der Waals surface area contributed by atoms with Gasteiger partial charge in [0.05, 0.1) is 30.4 Å². The van der Waals surface area contributed by atoms with E-state index in [1.807, 2.05) is 30.3 Å². The monoisotopic (exact) mass is 354 g/mol. The topological polar surface area (TPSA) is 92.9 Å². The normalized spacial score (nSPS) is 15.8. The standard InChI is InChI=1S/C20H22N2O4/c21-17(18(23)13-26-12-14-6-2-1-3-7-14)10-11-22-19(24)15-8-4-5-9-16(15)20(22)25/h1-9,17-18,23H,10-13,21H2/t17-,18-/m0/s1. The highest BCUT2D eigenvalue weighted by Gasteiger charge is 2.35. The summed E-state index contributed by atoms with van der Waals surface area (Å²) in [5.74, 6) is -0.625. The highest BCUT2D eigenvalue weighted by molar-refractivity contribution is 6.21. The quantitative estimate of drug-likeness (QED) is 0.702. The van der Waals surface area contributed by atoms with Crippen molar-refractivity contribution in [2.75, 3.05) is 13.2 Å². The average Bonchev–Trinajstić information content (AvgIpc) is 2.91. The van der Waals surface area contributed by atoms with Gasteiger partial charge in [0.25, 0.3) is 11.8 Å². The van der Waals surface area contributed by atoms with Gasteiger partial charge in [-0.2, -0.15) is 0 Å². The van der Waals surface area contributed by atoms with Crippen molar-refractivity contribution in [2.45, 2.75) is 25.2 Å². The molecule has 6 nitrogen and oxygen atoms in total. The molecular weight excluding hydrogens is 332 g/mol. The molecule has 2 aromatic carbocycles. The largest absolute Gasteiger partial charge is 0.389 e. The summed E-state index contributed by atoms with van der Waals surface area (Å²) in [6.07, 6.45) is -0.560. The zero-order valence-electron chi connectivity index (χ0n) is 14.4. The van der Waals surface area contributed by atoms with Crippen LogP contribution in [0.2, 0.25) is 0 Å². The minimum atomic E-state index is -0.867. The predicted octanol–water partition coefficient (Wildman–Crippen LogP) is 1.58. The van der Waals surface area contributed by atoms with Gasteiger partial charge in [0.1, 0.15) is 0 Å². The molecule has 1 aliphatic rings. The molecule has 0 radical (unpaired) electrons. The number of fused-ring (bicyclic) bond motifs is 1. The number of ether oxygens (including phenoxy) is 1. The minimum Gasteiger partial charge on any atom is -0.389 e. The maximum atomic E-state index is 12.3. The summed E-state index contributed by atoms with van der Waals surface area (Å²) in [6.45, 7) is 0.657. The van der Waals surface area contributed by atoms with Gasteiger partial charge < -0.3 is 15.6 Å². The maximum Gasteiger partial charge on any atom is 0.261 e.